The fourth-order valence-corrected chi connectivity index (χ4v) is 3.86. The quantitative estimate of drug-likeness (QED) is 0.134. The Morgan fingerprint density at radius 2 is 1.26 bits per heavy atom. The molecule has 1 unspecified atom stereocenters. The summed E-state index contributed by atoms with van der Waals surface area (Å²) in [5, 5.41) is 9.80. The number of nitrogens with zero attached hydrogens (tertiary/aromatic N) is 1. The number of aliphatic hydroxyl groups excluding tert-OH is 1. The number of phosphoric ester groups is 1. The van der Waals surface area contributed by atoms with Crippen molar-refractivity contribution in [3.63, 3.8) is 0 Å². The summed E-state index contributed by atoms with van der Waals surface area (Å²) in [6.45, 7) is 3.15. The fourth-order valence-electron chi connectivity index (χ4n) is 3.13. The van der Waals surface area contributed by atoms with E-state index in [4.69, 9.17) is 13.8 Å². The first kappa shape index (κ1) is 31.0. The molecule has 8 heteroatoms. The predicted octanol–water partition coefficient (Wildman–Crippen LogP) is 4.66. The number of aliphatic hydroxyl groups is 1. The summed E-state index contributed by atoms with van der Waals surface area (Å²) in [5.74, 6) is 0. The molecule has 31 heavy (non-hydrogen) atoms. The summed E-state index contributed by atoms with van der Waals surface area (Å²) >= 11 is 0. The van der Waals surface area contributed by atoms with Crippen molar-refractivity contribution in [2.75, 3.05) is 54.1 Å². The molecule has 0 aromatic rings. The van der Waals surface area contributed by atoms with Gasteiger partial charge in [0.05, 0.1) is 34.4 Å². The van der Waals surface area contributed by atoms with E-state index >= 15 is 0 Å². The highest BCUT2D eigenvalue weighted by atomic mass is 31.2. The van der Waals surface area contributed by atoms with Crippen LogP contribution in [0.2, 0.25) is 0 Å². The van der Waals surface area contributed by atoms with Gasteiger partial charge in [-0.2, -0.15) is 0 Å². The van der Waals surface area contributed by atoms with Crippen LogP contribution in [0.4, 0.5) is 0 Å². The van der Waals surface area contributed by atoms with E-state index in [0.29, 0.717) is 17.6 Å². The molecule has 1 N–H and O–H groups in total. The van der Waals surface area contributed by atoms with Gasteiger partial charge >= 0.3 is 0 Å². The molecule has 0 rings (SSSR count). The third-order valence-electron chi connectivity index (χ3n) is 5.14. The summed E-state index contributed by atoms with van der Waals surface area (Å²) in [5.41, 5.74) is 0. The molecular weight excluding hydrogens is 417 g/mol. The molecule has 2 atom stereocenters. The Labute approximate surface area is 191 Å². The molecule has 0 fully saturated rings. The number of quaternary nitrogens is 1. The first-order valence-corrected chi connectivity index (χ1v) is 13.8. The van der Waals surface area contributed by atoms with Crippen LogP contribution in [-0.4, -0.2) is 69.8 Å². The van der Waals surface area contributed by atoms with Crippen molar-refractivity contribution in [3.05, 3.63) is 0 Å². The molecule has 0 aromatic heterocycles. The molecular formula is C23H50NO6P. The predicted molar refractivity (Wildman–Crippen MR) is 125 cm³/mol. The number of ether oxygens (including phenoxy) is 1. The number of likely N-dealkylation sites (N-methyl/N-ethyl adjacent to an activating group) is 1. The third-order valence-corrected chi connectivity index (χ3v) is 6.10. The SMILES string of the molecule is CCCCCCCCCCCCCCCOC[C@@H](O)COP(=O)([O-])OCC[N+](C)(C)C. The van der Waals surface area contributed by atoms with Crippen molar-refractivity contribution < 1.29 is 32.8 Å². The molecule has 0 aliphatic carbocycles. The van der Waals surface area contributed by atoms with E-state index in [1.54, 1.807) is 0 Å². The fraction of sp³-hybridized carbons (Fsp3) is 1.00. The minimum atomic E-state index is -4.38. The molecule has 0 radical (unpaired) electrons. The van der Waals surface area contributed by atoms with Crippen molar-refractivity contribution >= 4 is 7.82 Å². The molecule has 0 spiro atoms. The standard InChI is InChI=1S/C23H50NO6P/c1-5-6-7-8-9-10-11-12-13-14-15-16-17-19-28-21-23(25)22-30-31(26,27)29-20-18-24(2,3)4/h23,25H,5-22H2,1-4H3/t23-/m1/s1. The Kier molecular flexibility index (Phi) is 19.5. The van der Waals surface area contributed by atoms with Gasteiger partial charge in [0.25, 0.3) is 7.82 Å². The molecule has 0 heterocycles. The van der Waals surface area contributed by atoms with Crippen LogP contribution in [0.25, 0.3) is 0 Å². The second-order valence-corrected chi connectivity index (χ2v) is 11.0. The number of rotatable bonds is 23. The minimum Gasteiger partial charge on any atom is -0.756 e. The van der Waals surface area contributed by atoms with Crippen molar-refractivity contribution in [1.29, 1.82) is 0 Å². The number of phosphoric acid groups is 1. The second kappa shape index (κ2) is 19.5. The van der Waals surface area contributed by atoms with Crippen LogP contribution in [0.1, 0.15) is 90.4 Å². The van der Waals surface area contributed by atoms with Gasteiger partial charge in [-0.3, -0.25) is 4.57 Å². The van der Waals surface area contributed by atoms with E-state index in [2.05, 4.69) is 6.92 Å². The summed E-state index contributed by atoms with van der Waals surface area (Å²) in [6.07, 6.45) is 15.9. The number of unbranched alkanes of at least 4 members (excludes halogenated alkanes) is 12. The van der Waals surface area contributed by atoms with Gasteiger partial charge in [-0.1, -0.05) is 84.0 Å². The van der Waals surface area contributed by atoms with Gasteiger partial charge in [0.1, 0.15) is 19.3 Å². The van der Waals surface area contributed by atoms with E-state index < -0.39 is 13.9 Å². The van der Waals surface area contributed by atoms with Crippen LogP contribution in [0.15, 0.2) is 0 Å². The smallest absolute Gasteiger partial charge is 0.268 e. The lowest BCUT2D eigenvalue weighted by Crippen LogP contribution is -2.37. The average molecular weight is 468 g/mol. The first-order chi connectivity index (χ1) is 14.7. The lowest BCUT2D eigenvalue weighted by Gasteiger charge is -2.27. The van der Waals surface area contributed by atoms with E-state index in [-0.39, 0.29) is 19.8 Å². The first-order valence-electron chi connectivity index (χ1n) is 12.3. The monoisotopic (exact) mass is 467 g/mol. The van der Waals surface area contributed by atoms with Gasteiger partial charge in [-0.05, 0) is 6.42 Å². The lowest BCUT2D eigenvalue weighted by atomic mass is 10.0. The zero-order valence-corrected chi connectivity index (χ0v) is 21.6. The Balaban J connectivity index is 3.42. The van der Waals surface area contributed by atoms with Gasteiger partial charge in [0.15, 0.2) is 0 Å². The van der Waals surface area contributed by atoms with Crippen molar-refractivity contribution in [1.82, 2.24) is 0 Å². The summed E-state index contributed by atoms with van der Waals surface area (Å²) in [6, 6.07) is 0. The van der Waals surface area contributed by atoms with Gasteiger partial charge in [-0.25, -0.2) is 0 Å². The molecule has 0 saturated heterocycles. The maximum Gasteiger partial charge on any atom is 0.268 e. The van der Waals surface area contributed by atoms with Crippen molar-refractivity contribution in [2.24, 2.45) is 0 Å². The van der Waals surface area contributed by atoms with Gasteiger partial charge in [-0.15, -0.1) is 0 Å². The lowest BCUT2D eigenvalue weighted by molar-refractivity contribution is -0.870. The maximum atomic E-state index is 11.7. The summed E-state index contributed by atoms with van der Waals surface area (Å²) < 4.78 is 27.2. The van der Waals surface area contributed by atoms with Crippen LogP contribution in [0.5, 0.6) is 0 Å². The van der Waals surface area contributed by atoms with Crippen LogP contribution >= 0.6 is 7.82 Å². The third kappa shape index (κ3) is 24.5. The topological polar surface area (TPSA) is 88.0 Å². The summed E-state index contributed by atoms with van der Waals surface area (Å²) in [4.78, 5) is 11.7. The molecule has 0 bridgehead atoms. The zero-order chi connectivity index (χ0) is 23.4. The highest BCUT2D eigenvalue weighted by molar-refractivity contribution is 7.45. The van der Waals surface area contributed by atoms with Gasteiger partial charge in [0, 0.05) is 6.61 Å². The van der Waals surface area contributed by atoms with E-state index in [0.717, 1.165) is 12.8 Å². The largest absolute Gasteiger partial charge is 0.756 e. The maximum absolute atomic E-state index is 11.7. The van der Waals surface area contributed by atoms with Gasteiger partial charge < -0.3 is 28.3 Å². The molecule has 7 nitrogen and oxygen atoms in total. The molecule has 188 valence electrons. The molecule has 0 saturated carbocycles. The van der Waals surface area contributed by atoms with Gasteiger partial charge in [0.2, 0.25) is 0 Å². The molecule has 0 aliphatic heterocycles. The molecule has 0 aliphatic rings. The second-order valence-electron chi connectivity index (χ2n) is 9.56. The Morgan fingerprint density at radius 3 is 1.74 bits per heavy atom. The van der Waals surface area contributed by atoms with Crippen LogP contribution in [0, 0.1) is 0 Å². The van der Waals surface area contributed by atoms with Crippen molar-refractivity contribution in [2.45, 2.75) is 96.5 Å². The number of hydrogen-bond acceptors (Lipinski definition) is 6. The highest BCUT2D eigenvalue weighted by Gasteiger charge is 2.15. The molecule has 0 aromatic carbocycles. The highest BCUT2D eigenvalue weighted by Crippen LogP contribution is 2.38. The van der Waals surface area contributed by atoms with E-state index in [1.165, 1.54) is 70.6 Å². The van der Waals surface area contributed by atoms with Crippen molar-refractivity contribution in [3.8, 4) is 0 Å². The van der Waals surface area contributed by atoms with Crippen LogP contribution < -0.4 is 4.89 Å². The Hall–Kier alpha value is -0.0100. The minimum absolute atomic E-state index is 0.0515. The van der Waals surface area contributed by atoms with Crippen LogP contribution in [0.3, 0.4) is 0 Å². The summed E-state index contributed by atoms with van der Waals surface area (Å²) in [7, 11) is 1.45. The normalized spacial score (nSPS) is 15.2. The zero-order valence-electron chi connectivity index (χ0n) is 20.7. The average Bonchev–Trinajstić information content (AvgIpc) is 2.68. The molecule has 0 amide bonds. The van der Waals surface area contributed by atoms with E-state index in [9.17, 15) is 14.6 Å². The van der Waals surface area contributed by atoms with Crippen LogP contribution in [-0.2, 0) is 18.3 Å². The Morgan fingerprint density at radius 1 is 0.774 bits per heavy atom. The van der Waals surface area contributed by atoms with E-state index in [1.807, 2.05) is 21.1 Å². The number of hydrogen-bond donors (Lipinski definition) is 1. The Bertz CT molecular complexity index is 444.